The van der Waals surface area contributed by atoms with Gasteiger partial charge in [-0.15, -0.1) is 0 Å². The smallest absolute Gasteiger partial charge is 0.345 e. The summed E-state index contributed by atoms with van der Waals surface area (Å²) in [4.78, 5) is 11.4. The molecule has 0 aliphatic rings. The lowest BCUT2D eigenvalue weighted by Gasteiger charge is -2.09. The fourth-order valence-electron chi connectivity index (χ4n) is 1.72. The number of aromatic nitrogens is 1. The topological polar surface area (TPSA) is 34.0 Å². The number of amides is 1. The molecule has 1 heterocycles. The summed E-state index contributed by atoms with van der Waals surface area (Å²) in [5.74, 6) is -0.690. The molecule has 2 rings (SSSR count). The van der Waals surface area contributed by atoms with Crippen molar-refractivity contribution in [3.63, 3.8) is 0 Å². The number of nitrogens with one attached hydrogen (secondary N) is 1. The molecule has 0 saturated heterocycles. The van der Waals surface area contributed by atoms with E-state index in [1.54, 1.807) is 35.0 Å². The second-order valence-corrected chi connectivity index (χ2v) is 4.48. The Hall–Kier alpha value is -1.69. The molecular formula is C12H10ClF3N2O. The summed E-state index contributed by atoms with van der Waals surface area (Å²) >= 11 is 5.82. The summed E-state index contributed by atoms with van der Waals surface area (Å²) in [5.41, 5.74) is 0.742. The lowest BCUT2D eigenvalue weighted by molar-refractivity contribution is -0.138. The van der Waals surface area contributed by atoms with Crippen molar-refractivity contribution < 1.29 is 18.0 Å². The fourth-order valence-corrected chi connectivity index (χ4v) is 1.90. The molecule has 19 heavy (non-hydrogen) atoms. The van der Waals surface area contributed by atoms with Crippen LogP contribution in [0.15, 0.2) is 30.5 Å². The van der Waals surface area contributed by atoms with E-state index < -0.39 is 18.6 Å². The number of hydrogen-bond donors (Lipinski definition) is 1. The van der Waals surface area contributed by atoms with Crippen LogP contribution in [-0.2, 0) is 11.3 Å². The highest BCUT2D eigenvalue weighted by Crippen LogP contribution is 2.20. The van der Waals surface area contributed by atoms with E-state index in [4.69, 9.17) is 11.6 Å². The van der Waals surface area contributed by atoms with Gasteiger partial charge in [0.1, 0.15) is 13.1 Å². The molecule has 0 atom stereocenters. The van der Waals surface area contributed by atoms with Crippen LogP contribution in [0.5, 0.6) is 0 Å². The first-order valence-electron chi connectivity index (χ1n) is 5.43. The summed E-state index contributed by atoms with van der Waals surface area (Å²) in [5, 5.41) is 3.22. The minimum atomic E-state index is -4.40. The van der Waals surface area contributed by atoms with Gasteiger partial charge in [-0.25, -0.2) is 0 Å². The number of carbonyl (C=O) groups excluding carboxylic acids is 1. The maximum absolute atomic E-state index is 12.0. The summed E-state index contributed by atoms with van der Waals surface area (Å²) in [7, 11) is 0. The molecule has 0 aliphatic carbocycles. The number of rotatable bonds is 3. The molecule has 0 aliphatic heterocycles. The first-order chi connectivity index (χ1) is 8.85. The maximum atomic E-state index is 12.0. The number of nitrogens with zero attached hydrogens (tertiary/aromatic N) is 1. The monoisotopic (exact) mass is 290 g/mol. The Morgan fingerprint density at radius 2 is 2.05 bits per heavy atom. The van der Waals surface area contributed by atoms with Gasteiger partial charge in [0.05, 0.1) is 0 Å². The quantitative estimate of drug-likeness (QED) is 0.926. The van der Waals surface area contributed by atoms with Crippen LogP contribution in [0.25, 0.3) is 10.9 Å². The maximum Gasteiger partial charge on any atom is 0.405 e. The molecule has 2 aromatic rings. The molecule has 0 bridgehead atoms. The summed E-state index contributed by atoms with van der Waals surface area (Å²) in [6.07, 6.45) is -2.77. The van der Waals surface area contributed by atoms with E-state index in [2.05, 4.69) is 0 Å². The predicted octanol–water partition coefficient (Wildman–Crippen LogP) is 2.97. The fraction of sp³-hybridized carbons (Fsp3) is 0.250. The lowest BCUT2D eigenvalue weighted by Crippen LogP contribution is -2.35. The highest BCUT2D eigenvalue weighted by Gasteiger charge is 2.27. The van der Waals surface area contributed by atoms with Crippen molar-refractivity contribution in [2.45, 2.75) is 12.7 Å². The summed E-state index contributed by atoms with van der Waals surface area (Å²) in [6, 6.07) is 6.85. The number of hydrogen-bond acceptors (Lipinski definition) is 1. The van der Waals surface area contributed by atoms with Crippen LogP contribution in [0, 0.1) is 0 Å². The van der Waals surface area contributed by atoms with Crippen molar-refractivity contribution in [3.8, 4) is 0 Å². The SMILES string of the molecule is O=C(Cn1ccc2cc(Cl)ccc21)NCC(F)(F)F. The standard InChI is InChI=1S/C12H10ClF3N2O/c13-9-1-2-10-8(5-9)3-4-18(10)6-11(19)17-7-12(14,15)16/h1-5H,6-7H2,(H,17,19). The van der Waals surface area contributed by atoms with Gasteiger partial charge in [-0.05, 0) is 24.3 Å². The van der Waals surface area contributed by atoms with Crippen molar-refractivity contribution in [2.75, 3.05) is 6.54 Å². The Morgan fingerprint density at radius 3 is 2.74 bits per heavy atom. The van der Waals surface area contributed by atoms with Crippen LogP contribution in [0.4, 0.5) is 13.2 Å². The van der Waals surface area contributed by atoms with Gasteiger partial charge < -0.3 is 9.88 Å². The van der Waals surface area contributed by atoms with Crippen LogP contribution < -0.4 is 5.32 Å². The van der Waals surface area contributed by atoms with Crippen molar-refractivity contribution >= 4 is 28.4 Å². The Morgan fingerprint density at radius 1 is 1.32 bits per heavy atom. The third-order valence-corrected chi connectivity index (χ3v) is 2.77. The molecular weight excluding hydrogens is 281 g/mol. The van der Waals surface area contributed by atoms with Crippen LogP contribution in [0.3, 0.4) is 0 Å². The van der Waals surface area contributed by atoms with Gasteiger partial charge in [0.2, 0.25) is 5.91 Å². The largest absolute Gasteiger partial charge is 0.405 e. The highest BCUT2D eigenvalue weighted by atomic mass is 35.5. The van der Waals surface area contributed by atoms with Gasteiger partial charge in [0, 0.05) is 22.1 Å². The molecule has 3 nitrogen and oxygen atoms in total. The van der Waals surface area contributed by atoms with E-state index in [1.807, 2.05) is 5.32 Å². The molecule has 1 N–H and O–H groups in total. The number of fused-ring (bicyclic) bond motifs is 1. The van der Waals surface area contributed by atoms with Gasteiger partial charge in [-0.1, -0.05) is 11.6 Å². The molecule has 0 saturated carbocycles. The molecule has 1 aromatic heterocycles. The minimum Gasteiger partial charge on any atom is -0.345 e. The molecule has 1 aromatic carbocycles. The van der Waals surface area contributed by atoms with Crippen molar-refractivity contribution in [3.05, 3.63) is 35.5 Å². The summed E-state index contributed by atoms with van der Waals surface area (Å²) in [6.45, 7) is -1.49. The normalized spacial score (nSPS) is 11.8. The minimum absolute atomic E-state index is 0.165. The molecule has 102 valence electrons. The zero-order valence-electron chi connectivity index (χ0n) is 9.67. The second kappa shape index (κ2) is 5.13. The first kappa shape index (κ1) is 13.7. The van der Waals surface area contributed by atoms with E-state index in [0.29, 0.717) is 5.02 Å². The van der Waals surface area contributed by atoms with Gasteiger partial charge >= 0.3 is 6.18 Å². The molecule has 0 spiro atoms. The Bertz CT molecular complexity index is 607. The summed E-state index contributed by atoms with van der Waals surface area (Å²) < 4.78 is 37.4. The van der Waals surface area contributed by atoms with Gasteiger partial charge in [0.15, 0.2) is 0 Å². The Kier molecular flexibility index (Phi) is 3.71. The van der Waals surface area contributed by atoms with Crippen LogP contribution in [0.1, 0.15) is 0 Å². The average molecular weight is 291 g/mol. The van der Waals surface area contributed by atoms with Gasteiger partial charge in [-0.2, -0.15) is 13.2 Å². The number of alkyl halides is 3. The Labute approximate surface area is 112 Å². The average Bonchev–Trinajstić information content (AvgIpc) is 2.68. The predicted molar refractivity (Wildman–Crippen MR) is 66.0 cm³/mol. The molecule has 0 fully saturated rings. The highest BCUT2D eigenvalue weighted by molar-refractivity contribution is 6.31. The molecule has 0 radical (unpaired) electrons. The van der Waals surface area contributed by atoms with Crippen molar-refractivity contribution in [2.24, 2.45) is 0 Å². The molecule has 1 amide bonds. The van der Waals surface area contributed by atoms with E-state index >= 15 is 0 Å². The third kappa shape index (κ3) is 3.64. The molecule has 7 heteroatoms. The number of benzene rings is 1. The van der Waals surface area contributed by atoms with Crippen LogP contribution >= 0.6 is 11.6 Å². The van der Waals surface area contributed by atoms with Gasteiger partial charge in [0.25, 0.3) is 0 Å². The van der Waals surface area contributed by atoms with Gasteiger partial charge in [-0.3, -0.25) is 4.79 Å². The first-order valence-corrected chi connectivity index (χ1v) is 5.81. The van der Waals surface area contributed by atoms with Crippen LogP contribution in [0.2, 0.25) is 5.02 Å². The lowest BCUT2D eigenvalue weighted by atomic mass is 10.2. The zero-order valence-corrected chi connectivity index (χ0v) is 10.4. The van der Waals surface area contributed by atoms with E-state index in [9.17, 15) is 18.0 Å². The number of halogens is 4. The Balaban J connectivity index is 2.07. The van der Waals surface area contributed by atoms with E-state index in [1.165, 1.54) is 0 Å². The van der Waals surface area contributed by atoms with Crippen LogP contribution in [-0.4, -0.2) is 23.2 Å². The second-order valence-electron chi connectivity index (χ2n) is 4.04. The molecule has 0 unspecified atom stereocenters. The van der Waals surface area contributed by atoms with Crippen molar-refractivity contribution in [1.29, 1.82) is 0 Å². The number of carbonyl (C=O) groups is 1. The zero-order chi connectivity index (χ0) is 14.0. The van der Waals surface area contributed by atoms with Crippen molar-refractivity contribution in [1.82, 2.24) is 9.88 Å². The third-order valence-electron chi connectivity index (χ3n) is 2.53. The van der Waals surface area contributed by atoms with E-state index in [0.717, 1.165) is 10.9 Å². The van der Waals surface area contributed by atoms with E-state index in [-0.39, 0.29) is 6.54 Å².